The molecule has 3 aromatic rings. The number of hydrogen-bond donors (Lipinski definition) is 2. The van der Waals surface area contributed by atoms with Crippen LogP contribution in [0.15, 0.2) is 36.5 Å². The van der Waals surface area contributed by atoms with E-state index in [-0.39, 0.29) is 5.69 Å². The van der Waals surface area contributed by atoms with Crippen molar-refractivity contribution in [1.29, 1.82) is 5.26 Å². The van der Waals surface area contributed by atoms with Gasteiger partial charge in [0.05, 0.1) is 19.0 Å². The van der Waals surface area contributed by atoms with Crippen LogP contribution in [0.25, 0.3) is 11.3 Å². The predicted molar refractivity (Wildman–Crippen MR) is 86.5 cm³/mol. The lowest BCUT2D eigenvalue weighted by atomic mass is 10.1. The van der Waals surface area contributed by atoms with Crippen molar-refractivity contribution in [1.82, 2.24) is 20.0 Å². The summed E-state index contributed by atoms with van der Waals surface area (Å²) < 4.78 is 6.54. The maximum atomic E-state index is 12.3. The van der Waals surface area contributed by atoms with Crippen molar-refractivity contribution in [3.05, 3.63) is 47.8 Å². The third-order valence-corrected chi connectivity index (χ3v) is 3.50. The first-order valence-corrected chi connectivity index (χ1v) is 7.05. The lowest BCUT2D eigenvalue weighted by molar-refractivity contribution is 0.102. The number of methoxy groups -OCH3 is 1. The number of aryl methyl sites for hydroxylation is 1. The lowest BCUT2D eigenvalue weighted by Crippen LogP contribution is -2.15. The largest absolute Gasteiger partial charge is 0.497 e. The molecule has 1 amide bonds. The van der Waals surface area contributed by atoms with Crippen molar-refractivity contribution in [3.8, 4) is 23.1 Å². The van der Waals surface area contributed by atoms with E-state index < -0.39 is 5.91 Å². The molecule has 8 heteroatoms. The standard InChI is InChI=1S/C16H14N6O2/c1-22-15(11(8-17)9-18-22)19-16(23)14-7-13(20-21-14)10-3-5-12(24-2)6-4-10/h3-7,9H,1-2H3,(H,19,23)(H,20,21). The molecule has 0 atom stereocenters. The third-order valence-electron chi connectivity index (χ3n) is 3.50. The molecular formula is C16H14N6O2. The van der Waals surface area contributed by atoms with E-state index in [2.05, 4.69) is 20.6 Å². The molecule has 2 aromatic heterocycles. The number of hydrogen-bond acceptors (Lipinski definition) is 5. The number of amides is 1. The number of H-pyrrole nitrogens is 1. The average molecular weight is 322 g/mol. The zero-order valence-corrected chi connectivity index (χ0v) is 13.1. The number of ether oxygens (including phenoxy) is 1. The fraction of sp³-hybridized carbons (Fsp3) is 0.125. The van der Waals surface area contributed by atoms with Crippen molar-refractivity contribution >= 4 is 11.7 Å². The zero-order chi connectivity index (χ0) is 17.1. The van der Waals surface area contributed by atoms with Gasteiger partial charge in [-0.05, 0) is 30.3 Å². The Morgan fingerprint density at radius 1 is 1.38 bits per heavy atom. The molecule has 0 aliphatic rings. The molecule has 0 unspecified atom stereocenters. The SMILES string of the molecule is COc1ccc(-c2cc(C(=O)Nc3c(C#N)cnn3C)[nH]n2)cc1. The van der Waals surface area contributed by atoms with Crippen LogP contribution in [0.5, 0.6) is 5.75 Å². The van der Waals surface area contributed by atoms with Crippen LogP contribution >= 0.6 is 0 Å². The van der Waals surface area contributed by atoms with E-state index in [4.69, 9.17) is 10.00 Å². The van der Waals surface area contributed by atoms with Gasteiger partial charge >= 0.3 is 0 Å². The predicted octanol–water partition coefficient (Wildman–Crippen LogP) is 1.94. The Balaban J connectivity index is 1.81. The number of rotatable bonds is 4. The van der Waals surface area contributed by atoms with Crippen molar-refractivity contribution < 1.29 is 9.53 Å². The molecule has 0 saturated heterocycles. The Bertz CT molecular complexity index is 917. The van der Waals surface area contributed by atoms with Gasteiger partial charge in [-0.15, -0.1) is 0 Å². The summed E-state index contributed by atoms with van der Waals surface area (Å²) in [6, 6.07) is 11.0. The van der Waals surface area contributed by atoms with E-state index in [0.29, 0.717) is 17.1 Å². The van der Waals surface area contributed by atoms with Crippen molar-refractivity contribution in [2.24, 2.45) is 7.05 Å². The Morgan fingerprint density at radius 3 is 2.79 bits per heavy atom. The highest BCUT2D eigenvalue weighted by molar-refractivity contribution is 6.03. The monoisotopic (exact) mass is 322 g/mol. The van der Waals surface area contributed by atoms with Crippen LogP contribution in [0.4, 0.5) is 5.82 Å². The number of anilines is 1. The van der Waals surface area contributed by atoms with E-state index in [1.54, 1.807) is 20.2 Å². The van der Waals surface area contributed by atoms with Gasteiger partial charge in [-0.2, -0.15) is 15.5 Å². The third kappa shape index (κ3) is 2.83. The van der Waals surface area contributed by atoms with E-state index in [1.165, 1.54) is 10.9 Å². The van der Waals surface area contributed by atoms with Crippen LogP contribution in [0.2, 0.25) is 0 Å². The fourth-order valence-electron chi connectivity index (χ4n) is 2.19. The topological polar surface area (TPSA) is 109 Å². The minimum atomic E-state index is -0.401. The normalized spacial score (nSPS) is 10.2. The summed E-state index contributed by atoms with van der Waals surface area (Å²) in [6.45, 7) is 0. The molecule has 0 aliphatic carbocycles. The molecule has 8 nitrogen and oxygen atoms in total. The van der Waals surface area contributed by atoms with Crippen LogP contribution in [-0.2, 0) is 7.05 Å². The van der Waals surface area contributed by atoms with E-state index >= 15 is 0 Å². The van der Waals surface area contributed by atoms with E-state index in [0.717, 1.165) is 11.3 Å². The molecule has 1 aromatic carbocycles. The minimum Gasteiger partial charge on any atom is -0.497 e. The van der Waals surface area contributed by atoms with Crippen LogP contribution in [0.3, 0.4) is 0 Å². The lowest BCUT2D eigenvalue weighted by Gasteiger charge is -2.03. The zero-order valence-electron chi connectivity index (χ0n) is 13.1. The van der Waals surface area contributed by atoms with Gasteiger partial charge in [0, 0.05) is 12.6 Å². The number of carbonyl (C=O) groups is 1. The van der Waals surface area contributed by atoms with Gasteiger partial charge in [0.15, 0.2) is 0 Å². The molecule has 24 heavy (non-hydrogen) atoms. The molecule has 3 rings (SSSR count). The van der Waals surface area contributed by atoms with E-state index in [9.17, 15) is 4.79 Å². The first-order valence-electron chi connectivity index (χ1n) is 7.05. The Kier molecular flexibility index (Phi) is 3.99. The number of nitrogens with one attached hydrogen (secondary N) is 2. The van der Waals surface area contributed by atoms with Gasteiger partial charge in [-0.25, -0.2) is 0 Å². The summed E-state index contributed by atoms with van der Waals surface area (Å²) >= 11 is 0. The second kappa shape index (κ2) is 6.26. The Hall–Kier alpha value is -3.60. The van der Waals surface area contributed by atoms with Crippen LogP contribution < -0.4 is 10.1 Å². The molecule has 0 fully saturated rings. The molecule has 2 N–H and O–H groups in total. The molecule has 0 spiro atoms. The van der Waals surface area contributed by atoms with Gasteiger partial charge in [0.25, 0.3) is 5.91 Å². The first kappa shape index (κ1) is 15.3. The fourth-order valence-corrected chi connectivity index (χ4v) is 2.19. The maximum Gasteiger partial charge on any atom is 0.274 e. The van der Waals surface area contributed by atoms with Gasteiger partial charge in [0.1, 0.15) is 28.9 Å². The second-order valence-electron chi connectivity index (χ2n) is 4.99. The maximum absolute atomic E-state index is 12.3. The molecule has 2 heterocycles. The number of nitrogens with zero attached hydrogens (tertiary/aromatic N) is 4. The molecule has 0 saturated carbocycles. The van der Waals surface area contributed by atoms with Crippen LogP contribution in [0, 0.1) is 11.3 Å². The average Bonchev–Trinajstić information content (AvgIpc) is 3.23. The number of carbonyl (C=O) groups excluding carboxylic acids is 1. The molecule has 0 radical (unpaired) electrons. The molecule has 0 aliphatic heterocycles. The van der Waals surface area contributed by atoms with Gasteiger partial charge < -0.3 is 10.1 Å². The first-order chi connectivity index (χ1) is 11.6. The highest BCUT2D eigenvalue weighted by Gasteiger charge is 2.15. The molecular weight excluding hydrogens is 308 g/mol. The minimum absolute atomic E-state index is 0.283. The van der Waals surface area contributed by atoms with Crippen molar-refractivity contribution in [2.75, 3.05) is 12.4 Å². The molecule has 120 valence electrons. The molecule has 0 bridgehead atoms. The summed E-state index contributed by atoms with van der Waals surface area (Å²) in [5.74, 6) is 0.679. The van der Waals surface area contributed by atoms with Gasteiger partial charge in [-0.1, -0.05) is 0 Å². The van der Waals surface area contributed by atoms with Gasteiger partial charge in [0.2, 0.25) is 0 Å². The Labute approximate surface area is 137 Å². The second-order valence-corrected chi connectivity index (χ2v) is 4.99. The number of nitriles is 1. The van der Waals surface area contributed by atoms with Crippen LogP contribution in [0.1, 0.15) is 16.1 Å². The Morgan fingerprint density at radius 2 is 2.12 bits per heavy atom. The van der Waals surface area contributed by atoms with E-state index in [1.807, 2.05) is 30.3 Å². The highest BCUT2D eigenvalue weighted by Crippen LogP contribution is 2.21. The van der Waals surface area contributed by atoms with Crippen LogP contribution in [-0.4, -0.2) is 33.0 Å². The quantitative estimate of drug-likeness (QED) is 0.763. The summed E-state index contributed by atoms with van der Waals surface area (Å²) in [6.07, 6.45) is 1.39. The summed E-state index contributed by atoms with van der Waals surface area (Å²) in [4.78, 5) is 12.3. The smallest absolute Gasteiger partial charge is 0.274 e. The highest BCUT2D eigenvalue weighted by atomic mass is 16.5. The van der Waals surface area contributed by atoms with Crippen molar-refractivity contribution in [2.45, 2.75) is 0 Å². The van der Waals surface area contributed by atoms with Gasteiger partial charge in [-0.3, -0.25) is 14.6 Å². The summed E-state index contributed by atoms with van der Waals surface area (Å²) in [5.41, 5.74) is 2.06. The van der Waals surface area contributed by atoms with Crippen molar-refractivity contribution in [3.63, 3.8) is 0 Å². The summed E-state index contributed by atoms with van der Waals surface area (Å²) in [7, 11) is 3.24. The summed E-state index contributed by atoms with van der Waals surface area (Å²) in [5, 5.41) is 22.5. The number of aromatic amines is 1. The number of aromatic nitrogens is 4. The number of benzene rings is 1.